The molecular formula is C15H15Cl2N2O4S+. The van der Waals surface area contributed by atoms with Crippen LogP contribution in [-0.2, 0) is 10.3 Å². The van der Waals surface area contributed by atoms with Gasteiger partial charge in [0.1, 0.15) is 5.56 Å². The largest absolute Gasteiger partial charge is 0.437 e. The van der Waals surface area contributed by atoms with E-state index in [-0.39, 0.29) is 16.3 Å². The Kier molecular flexibility index (Phi) is 5.22. The summed E-state index contributed by atoms with van der Waals surface area (Å²) in [5, 5.41) is 3.24. The lowest BCUT2D eigenvalue weighted by Gasteiger charge is -2.25. The maximum Gasteiger partial charge on any atom is 0.437 e. The molecule has 128 valence electrons. The number of quaternary nitrogens is 1. The van der Waals surface area contributed by atoms with Crippen molar-refractivity contribution in [3.8, 4) is 0 Å². The molecule has 0 unspecified atom stereocenters. The first-order valence-corrected chi connectivity index (χ1v) is 8.87. The van der Waals surface area contributed by atoms with Gasteiger partial charge in [-0.3, -0.25) is 4.79 Å². The fraction of sp³-hybridized carbons (Fsp3) is 0.133. The minimum absolute atomic E-state index is 0.103. The van der Waals surface area contributed by atoms with Gasteiger partial charge < -0.3 is 5.32 Å². The molecule has 1 amide bonds. The van der Waals surface area contributed by atoms with Gasteiger partial charge in [-0.15, -0.1) is 8.42 Å². The maximum atomic E-state index is 12.5. The summed E-state index contributed by atoms with van der Waals surface area (Å²) < 4.78 is 31.8. The fourth-order valence-corrected chi connectivity index (χ4v) is 2.74. The molecule has 0 saturated carbocycles. The average Bonchev–Trinajstić information content (AvgIpc) is 2.50. The summed E-state index contributed by atoms with van der Waals surface area (Å²) in [4.78, 5) is 12.5. The second-order valence-corrected chi connectivity index (χ2v) is 8.02. The van der Waals surface area contributed by atoms with Gasteiger partial charge >= 0.3 is 10.3 Å². The maximum absolute atomic E-state index is 12.5. The van der Waals surface area contributed by atoms with Crippen LogP contribution in [0.1, 0.15) is 10.4 Å². The van der Waals surface area contributed by atoms with Crippen LogP contribution < -0.4 is 9.21 Å². The Morgan fingerprint density at radius 1 is 1.08 bits per heavy atom. The van der Waals surface area contributed by atoms with E-state index in [4.69, 9.17) is 23.2 Å². The minimum Gasteiger partial charge on any atom is -0.322 e. The summed E-state index contributed by atoms with van der Waals surface area (Å²) >= 11 is 11.7. The zero-order valence-electron chi connectivity index (χ0n) is 12.8. The number of hydrogen-bond donors (Lipinski definition) is 2. The van der Waals surface area contributed by atoms with Gasteiger partial charge in [0.15, 0.2) is 5.69 Å². The summed E-state index contributed by atoms with van der Waals surface area (Å²) in [6, 6.07) is 10.7. The lowest BCUT2D eigenvalue weighted by molar-refractivity contribution is 0.102. The van der Waals surface area contributed by atoms with Crippen molar-refractivity contribution in [1.82, 2.24) is 3.89 Å². The third-order valence-electron chi connectivity index (χ3n) is 3.48. The molecule has 0 aromatic heterocycles. The number of rotatable bonds is 4. The first-order chi connectivity index (χ1) is 11.0. The van der Waals surface area contributed by atoms with E-state index in [1.165, 1.54) is 38.4 Å². The second kappa shape index (κ2) is 6.70. The van der Waals surface area contributed by atoms with Crippen molar-refractivity contribution in [2.75, 3.05) is 19.4 Å². The molecule has 0 fully saturated rings. The molecule has 0 saturated heterocycles. The van der Waals surface area contributed by atoms with Crippen molar-refractivity contribution in [3.05, 3.63) is 58.1 Å². The number of nitrogens with one attached hydrogen (secondary N) is 1. The van der Waals surface area contributed by atoms with Crippen molar-refractivity contribution in [2.45, 2.75) is 0 Å². The van der Waals surface area contributed by atoms with Crippen molar-refractivity contribution in [1.29, 1.82) is 0 Å². The number of hydrogen-bond acceptors (Lipinski definition) is 3. The third-order valence-corrected chi connectivity index (χ3v) is 5.57. The zero-order valence-corrected chi connectivity index (χ0v) is 15.2. The van der Waals surface area contributed by atoms with Crippen LogP contribution in [0.15, 0.2) is 42.5 Å². The van der Waals surface area contributed by atoms with Gasteiger partial charge in [0, 0.05) is 11.8 Å². The highest BCUT2D eigenvalue weighted by Gasteiger charge is 2.37. The molecular weight excluding hydrogens is 375 g/mol. The van der Waals surface area contributed by atoms with Crippen molar-refractivity contribution in [2.24, 2.45) is 0 Å². The quantitative estimate of drug-likeness (QED) is 0.617. The van der Waals surface area contributed by atoms with E-state index in [0.29, 0.717) is 10.7 Å². The van der Waals surface area contributed by atoms with Crippen LogP contribution in [0.2, 0.25) is 10.0 Å². The third kappa shape index (κ3) is 3.71. The fourth-order valence-electron chi connectivity index (χ4n) is 2.03. The van der Waals surface area contributed by atoms with Crippen LogP contribution in [0.4, 0.5) is 11.4 Å². The summed E-state index contributed by atoms with van der Waals surface area (Å²) in [5.41, 5.74) is 0.630. The molecule has 0 aliphatic rings. The Hall–Kier alpha value is -1.64. The lowest BCUT2D eigenvalue weighted by Crippen LogP contribution is -2.47. The van der Waals surface area contributed by atoms with Gasteiger partial charge in [-0.2, -0.15) is 3.89 Å². The first kappa shape index (κ1) is 18.7. The van der Waals surface area contributed by atoms with Crippen LogP contribution in [0.3, 0.4) is 0 Å². The van der Waals surface area contributed by atoms with Gasteiger partial charge in [0.25, 0.3) is 5.91 Å². The topological polar surface area (TPSA) is 83.5 Å². The molecule has 2 rings (SSSR count). The van der Waals surface area contributed by atoms with E-state index in [0.717, 1.165) is 0 Å². The van der Waals surface area contributed by atoms with Crippen LogP contribution in [0.5, 0.6) is 0 Å². The molecule has 0 radical (unpaired) electrons. The Labute approximate surface area is 150 Å². The van der Waals surface area contributed by atoms with Crippen LogP contribution >= 0.6 is 23.2 Å². The van der Waals surface area contributed by atoms with Crippen molar-refractivity contribution < 1.29 is 17.8 Å². The SMILES string of the molecule is C[N+](C)(c1ccccc1C(=O)Nc1ccc(Cl)c(Cl)c1)S(=O)(=O)O. The molecule has 2 aromatic carbocycles. The predicted molar refractivity (Wildman–Crippen MR) is 96.0 cm³/mol. The van der Waals surface area contributed by atoms with Crippen LogP contribution in [0, 0.1) is 0 Å². The number of carbonyl (C=O) groups excluding carboxylic acids is 1. The minimum atomic E-state index is -4.48. The zero-order chi connectivity index (χ0) is 18.1. The number of para-hydroxylation sites is 1. The summed E-state index contributed by atoms with van der Waals surface area (Å²) in [6.07, 6.45) is 0. The monoisotopic (exact) mass is 389 g/mol. The Morgan fingerprint density at radius 2 is 1.71 bits per heavy atom. The van der Waals surface area contributed by atoms with E-state index in [9.17, 15) is 17.8 Å². The van der Waals surface area contributed by atoms with E-state index in [1.54, 1.807) is 18.2 Å². The van der Waals surface area contributed by atoms with Gasteiger partial charge in [0.05, 0.1) is 24.1 Å². The molecule has 2 aromatic rings. The van der Waals surface area contributed by atoms with Gasteiger partial charge in [-0.1, -0.05) is 35.3 Å². The van der Waals surface area contributed by atoms with Crippen LogP contribution in [0.25, 0.3) is 0 Å². The molecule has 9 heteroatoms. The van der Waals surface area contributed by atoms with E-state index < -0.39 is 20.1 Å². The lowest BCUT2D eigenvalue weighted by atomic mass is 10.1. The van der Waals surface area contributed by atoms with E-state index in [1.807, 2.05) is 0 Å². The summed E-state index contributed by atoms with van der Waals surface area (Å²) in [5.74, 6) is -0.543. The normalized spacial score (nSPS) is 12.0. The molecule has 24 heavy (non-hydrogen) atoms. The highest BCUT2D eigenvalue weighted by molar-refractivity contribution is 7.85. The molecule has 0 heterocycles. The number of halogens is 2. The van der Waals surface area contributed by atoms with Crippen LogP contribution in [-0.4, -0.2) is 33.0 Å². The number of benzene rings is 2. The van der Waals surface area contributed by atoms with E-state index in [2.05, 4.69) is 5.32 Å². The predicted octanol–water partition coefficient (Wildman–Crippen LogP) is 3.62. The Morgan fingerprint density at radius 3 is 2.29 bits per heavy atom. The summed E-state index contributed by atoms with van der Waals surface area (Å²) in [7, 11) is -1.95. The molecule has 0 atom stereocenters. The highest BCUT2D eigenvalue weighted by Crippen LogP contribution is 2.29. The smallest absolute Gasteiger partial charge is 0.322 e. The second-order valence-electron chi connectivity index (χ2n) is 5.40. The van der Waals surface area contributed by atoms with E-state index >= 15 is 0 Å². The number of carbonyl (C=O) groups is 1. The van der Waals surface area contributed by atoms with Crippen molar-refractivity contribution in [3.63, 3.8) is 0 Å². The molecule has 0 aliphatic carbocycles. The van der Waals surface area contributed by atoms with Gasteiger partial charge in [-0.05, 0) is 24.3 Å². The highest BCUT2D eigenvalue weighted by atomic mass is 35.5. The molecule has 2 N–H and O–H groups in total. The Balaban J connectivity index is 2.42. The Bertz CT molecular complexity index is 898. The molecule has 0 spiro atoms. The molecule has 0 bridgehead atoms. The van der Waals surface area contributed by atoms with Gasteiger partial charge in [-0.25, -0.2) is 4.55 Å². The molecule has 0 aliphatic heterocycles. The first-order valence-electron chi connectivity index (χ1n) is 6.71. The van der Waals surface area contributed by atoms with Gasteiger partial charge in [0.2, 0.25) is 0 Å². The summed E-state index contributed by atoms with van der Waals surface area (Å²) in [6.45, 7) is 0. The number of nitrogens with zero attached hydrogens (tertiary/aromatic N) is 1. The number of amides is 1. The average molecular weight is 390 g/mol. The number of anilines is 1. The van der Waals surface area contributed by atoms with Crippen molar-refractivity contribution >= 4 is 50.8 Å². The standard InChI is InChI=1S/C15H14Cl2N2O4S/c1-19(2,24(21,22)23)14-6-4-3-5-11(14)15(20)18-10-7-8-12(16)13(17)9-10/h3-9H,1-2H3,(H-,18,20,21,22,23)/p+1. The molecule has 6 nitrogen and oxygen atoms in total.